The summed E-state index contributed by atoms with van der Waals surface area (Å²) >= 11 is 0. The molecule has 2 N–H and O–H groups in total. The first-order valence-corrected chi connectivity index (χ1v) is 11.2. The van der Waals surface area contributed by atoms with Crippen molar-refractivity contribution in [1.82, 2.24) is 19.3 Å². The second kappa shape index (κ2) is 8.48. The Bertz CT molecular complexity index is 1610. The van der Waals surface area contributed by atoms with Crippen molar-refractivity contribution in [2.45, 2.75) is 18.0 Å². The van der Waals surface area contributed by atoms with E-state index in [0.717, 1.165) is 6.07 Å². The molecule has 1 amide bonds. The van der Waals surface area contributed by atoms with Crippen molar-refractivity contribution < 1.29 is 31.1 Å². The minimum absolute atomic E-state index is 0.133. The number of hydrogen-bond acceptors (Lipinski definition) is 6. The molecule has 0 saturated carbocycles. The molecule has 0 spiro atoms. The van der Waals surface area contributed by atoms with E-state index < -0.39 is 49.4 Å². The number of carbonyl (C=O) groups excluding carboxylic acids is 1. The SMILES string of the molecule is COc1cc#ccc1S(=O)(=O)NC(=O)c1c(C)nc2c(-c3ccccc3)c(C(F)(F)F)[nH]n2c1=O. The molecule has 4 rings (SSSR count). The van der Waals surface area contributed by atoms with Crippen molar-refractivity contribution in [2.75, 3.05) is 7.11 Å². The molecule has 0 saturated heterocycles. The Balaban J connectivity index is 1.88. The highest BCUT2D eigenvalue weighted by atomic mass is 32.2. The number of sulfonamides is 1. The number of aromatic nitrogens is 3. The van der Waals surface area contributed by atoms with Gasteiger partial charge in [0.1, 0.15) is 21.9 Å². The highest BCUT2D eigenvalue weighted by Gasteiger charge is 2.39. The molecule has 13 heteroatoms. The molecule has 0 unspecified atom stereocenters. The van der Waals surface area contributed by atoms with Crippen LogP contribution < -0.4 is 15.0 Å². The number of aryl methyl sites for hydroxylation is 1. The molecule has 0 fully saturated rings. The fourth-order valence-corrected chi connectivity index (χ4v) is 4.55. The first-order valence-electron chi connectivity index (χ1n) is 9.76. The van der Waals surface area contributed by atoms with Crippen molar-refractivity contribution in [2.24, 2.45) is 0 Å². The lowest BCUT2D eigenvalue weighted by atomic mass is 10.1. The maximum absolute atomic E-state index is 13.8. The number of methoxy groups -OCH3 is 1. The summed E-state index contributed by atoms with van der Waals surface area (Å²) < 4.78 is 74.0. The Morgan fingerprint density at radius 3 is 2.46 bits per heavy atom. The number of halogens is 3. The average Bonchev–Trinajstić information content (AvgIpc) is 3.19. The van der Waals surface area contributed by atoms with Gasteiger partial charge in [0.25, 0.3) is 21.5 Å². The third-order valence-electron chi connectivity index (χ3n) is 5.00. The number of ether oxygens (including phenoxy) is 1. The quantitative estimate of drug-likeness (QED) is 0.431. The number of hydrogen-bond donors (Lipinski definition) is 2. The Morgan fingerprint density at radius 2 is 1.83 bits per heavy atom. The Hall–Kier alpha value is -4.31. The second-order valence-corrected chi connectivity index (χ2v) is 8.86. The lowest BCUT2D eigenvalue weighted by Crippen LogP contribution is -2.37. The summed E-state index contributed by atoms with van der Waals surface area (Å²) in [6.45, 7) is 1.21. The number of carbonyl (C=O) groups is 1. The zero-order valence-electron chi connectivity index (χ0n) is 18.0. The number of alkyl halides is 3. The van der Waals surface area contributed by atoms with Gasteiger partial charge in [-0.2, -0.15) is 17.7 Å². The van der Waals surface area contributed by atoms with Crippen LogP contribution in [0, 0.1) is 19.1 Å². The Morgan fingerprint density at radius 1 is 1.17 bits per heavy atom. The standard InChI is InChI=1S/C22H15F3N4O5S/c1-12-16(20(30)28-35(32,33)15-11-7-6-10-14(15)34-2)21(31)29-19(26-12)17(13-8-4-3-5-9-13)18(27-29)22(23,24)25/h3-5,8-11,27H,1-2H3,(H,28,30). The van der Waals surface area contributed by atoms with Gasteiger partial charge in [-0.05, 0) is 12.5 Å². The number of benzene rings is 1. The normalized spacial score (nSPS) is 11.8. The van der Waals surface area contributed by atoms with E-state index in [1.54, 1.807) is 10.8 Å². The molecular weight excluding hydrogens is 489 g/mol. The summed E-state index contributed by atoms with van der Waals surface area (Å²) in [6, 6.07) is 14.6. The van der Waals surface area contributed by atoms with Crippen LogP contribution in [0.4, 0.5) is 13.2 Å². The lowest BCUT2D eigenvalue weighted by molar-refractivity contribution is -0.140. The maximum atomic E-state index is 13.8. The summed E-state index contributed by atoms with van der Waals surface area (Å²) in [6.07, 6.45) is -4.89. The van der Waals surface area contributed by atoms with Crippen LogP contribution >= 0.6 is 0 Å². The van der Waals surface area contributed by atoms with Gasteiger partial charge in [-0.3, -0.25) is 14.7 Å². The maximum Gasteiger partial charge on any atom is 0.433 e. The Labute approximate surface area is 196 Å². The molecule has 2 aromatic heterocycles. The van der Waals surface area contributed by atoms with E-state index in [1.807, 2.05) is 5.10 Å². The molecule has 0 radical (unpaired) electrons. The zero-order chi connectivity index (χ0) is 25.5. The lowest BCUT2D eigenvalue weighted by Gasteiger charge is -2.10. The molecule has 180 valence electrons. The summed E-state index contributed by atoms with van der Waals surface area (Å²) in [5.41, 5.74) is -4.13. The first-order chi connectivity index (χ1) is 16.5. The zero-order valence-corrected chi connectivity index (χ0v) is 18.8. The third-order valence-corrected chi connectivity index (χ3v) is 6.36. The van der Waals surface area contributed by atoms with Gasteiger partial charge in [0, 0.05) is 12.1 Å². The van der Waals surface area contributed by atoms with Crippen molar-refractivity contribution in [3.05, 3.63) is 81.9 Å². The van der Waals surface area contributed by atoms with Gasteiger partial charge < -0.3 is 4.74 Å². The van der Waals surface area contributed by atoms with Crippen LogP contribution in [-0.2, 0) is 16.2 Å². The molecule has 0 aliphatic heterocycles. The van der Waals surface area contributed by atoms with Crippen LogP contribution in [0.25, 0.3) is 16.8 Å². The first kappa shape index (κ1) is 23.8. The topological polar surface area (TPSA) is 123 Å². The van der Waals surface area contributed by atoms with Crippen molar-refractivity contribution >= 4 is 21.6 Å². The smallest absolute Gasteiger partial charge is 0.433 e. The van der Waals surface area contributed by atoms with E-state index in [9.17, 15) is 31.2 Å². The van der Waals surface area contributed by atoms with Crippen LogP contribution in [0.5, 0.6) is 5.75 Å². The molecule has 4 aromatic rings. The van der Waals surface area contributed by atoms with Crippen LogP contribution in [-0.4, -0.2) is 36.0 Å². The van der Waals surface area contributed by atoms with Gasteiger partial charge in [-0.15, -0.1) is 0 Å². The van der Waals surface area contributed by atoms with Crippen molar-refractivity contribution in [3.63, 3.8) is 0 Å². The van der Waals surface area contributed by atoms with E-state index in [1.165, 1.54) is 44.4 Å². The van der Waals surface area contributed by atoms with Crippen molar-refractivity contribution in [1.29, 1.82) is 0 Å². The van der Waals surface area contributed by atoms with Gasteiger partial charge >= 0.3 is 6.18 Å². The second-order valence-electron chi connectivity index (χ2n) is 7.21. The number of nitrogens with zero attached hydrogens (tertiary/aromatic N) is 2. The minimum atomic E-state index is -4.89. The van der Waals surface area contributed by atoms with Gasteiger partial charge in [-0.1, -0.05) is 42.5 Å². The monoisotopic (exact) mass is 504 g/mol. The molecule has 0 aliphatic rings. The molecule has 2 heterocycles. The molecule has 9 nitrogen and oxygen atoms in total. The number of H-pyrrole nitrogens is 1. The van der Waals surface area contributed by atoms with E-state index >= 15 is 0 Å². The predicted octanol–water partition coefficient (Wildman–Crippen LogP) is 2.74. The van der Waals surface area contributed by atoms with Crippen LogP contribution in [0.2, 0.25) is 0 Å². The number of aromatic amines is 1. The molecule has 2 aromatic carbocycles. The molecular formula is C22H15F3N4O5S. The van der Waals surface area contributed by atoms with E-state index in [4.69, 9.17) is 4.74 Å². The summed E-state index contributed by atoms with van der Waals surface area (Å²) in [4.78, 5) is 29.5. The summed E-state index contributed by atoms with van der Waals surface area (Å²) in [5.74, 6) is -1.52. The average molecular weight is 504 g/mol. The summed E-state index contributed by atoms with van der Waals surface area (Å²) in [5, 5.41) is 1.96. The van der Waals surface area contributed by atoms with E-state index in [2.05, 4.69) is 17.1 Å². The molecule has 0 aliphatic carbocycles. The molecule has 0 bridgehead atoms. The molecule has 0 atom stereocenters. The predicted molar refractivity (Wildman–Crippen MR) is 116 cm³/mol. The summed E-state index contributed by atoms with van der Waals surface area (Å²) in [7, 11) is -3.35. The number of rotatable bonds is 5. The number of fused-ring (bicyclic) bond motifs is 1. The van der Waals surface area contributed by atoms with E-state index in [-0.39, 0.29) is 22.7 Å². The van der Waals surface area contributed by atoms with Crippen LogP contribution in [0.3, 0.4) is 0 Å². The van der Waals surface area contributed by atoms with Gasteiger partial charge in [-0.25, -0.2) is 18.1 Å². The fraction of sp³-hybridized carbons (Fsp3) is 0.136. The largest absolute Gasteiger partial charge is 0.495 e. The highest BCUT2D eigenvalue weighted by Crippen LogP contribution is 2.38. The third kappa shape index (κ3) is 4.19. The molecule has 35 heavy (non-hydrogen) atoms. The minimum Gasteiger partial charge on any atom is -0.495 e. The Kier molecular flexibility index (Phi) is 5.77. The van der Waals surface area contributed by atoms with Crippen LogP contribution in [0.1, 0.15) is 21.7 Å². The van der Waals surface area contributed by atoms with Crippen molar-refractivity contribution in [3.8, 4) is 16.9 Å². The van der Waals surface area contributed by atoms with Gasteiger partial charge in [0.15, 0.2) is 5.65 Å². The fourth-order valence-electron chi connectivity index (χ4n) is 3.48. The van der Waals surface area contributed by atoms with E-state index in [0.29, 0.717) is 4.52 Å². The number of nitrogens with one attached hydrogen (secondary N) is 2. The van der Waals surface area contributed by atoms with Gasteiger partial charge in [0.05, 0.1) is 18.4 Å². The van der Waals surface area contributed by atoms with Crippen LogP contribution in [0.15, 0.2) is 52.2 Å². The highest BCUT2D eigenvalue weighted by molar-refractivity contribution is 7.90. The number of amides is 1. The van der Waals surface area contributed by atoms with Gasteiger partial charge in [0.2, 0.25) is 0 Å².